The number of anilines is 1. The number of thioether (sulfide) groups is 1. The van der Waals surface area contributed by atoms with Crippen molar-refractivity contribution in [1.29, 1.82) is 0 Å². The smallest absolute Gasteiger partial charge is 0.255 e. The summed E-state index contributed by atoms with van der Waals surface area (Å²) in [6.45, 7) is 3.47. The maximum atomic E-state index is 12.6. The molecule has 1 N–H and O–H groups in total. The summed E-state index contributed by atoms with van der Waals surface area (Å²) in [5.74, 6) is 1.82. The van der Waals surface area contributed by atoms with Gasteiger partial charge < -0.3 is 10.2 Å². The molecule has 25 heavy (non-hydrogen) atoms. The zero-order chi connectivity index (χ0) is 17.8. The lowest BCUT2D eigenvalue weighted by molar-refractivity contribution is 0.0772. The van der Waals surface area contributed by atoms with Crippen molar-refractivity contribution in [2.24, 2.45) is 0 Å². The first-order valence-corrected chi connectivity index (χ1v) is 9.62. The molecule has 0 atom stereocenters. The third-order valence-corrected chi connectivity index (χ3v) is 5.32. The van der Waals surface area contributed by atoms with Crippen molar-refractivity contribution in [3.63, 3.8) is 0 Å². The van der Waals surface area contributed by atoms with Gasteiger partial charge in [0.1, 0.15) is 0 Å². The van der Waals surface area contributed by atoms with Gasteiger partial charge in [0.25, 0.3) is 11.8 Å². The highest BCUT2D eigenvalue weighted by molar-refractivity contribution is 7.99. The molecule has 0 unspecified atom stereocenters. The van der Waals surface area contributed by atoms with Crippen molar-refractivity contribution in [3.05, 3.63) is 64.2 Å². The van der Waals surface area contributed by atoms with Crippen LogP contribution in [0, 0.1) is 6.92 Å². The van der Waals surface area contributed by atoms with Crippen LogP contribution in [0.15, 0.2) is 42.5 Å². The molecule has 130 valence electrons. The second-order valence-corrected chi connectivity index (χ2v) is 7.56. The molecule has 0 aromatic heterocycles. The van der Waals surface area contributed by atoms with E-state index in [0.29, 0.717) is 21.8 Å². The minimum atomic E-state index is -0.202. The lowest BCUT2D eigenvalue weighted by atomic mass is 10.1. The van der Waals surface area contributed by atoms with Crippen molar-refractivity contribution in [1.82, 2.24) is 4.90 Å². The number of hydrogen-bond donors (Lipinski definition) is 1. The van der Waals surface area contributed by atoms with Crippen LogP contribution in [-0.4, -0.2) is 41.3 Å². The summed E-state index contributed by atoms with van der Waals surface area (Å²) in [7, 11) is 0. The van der Waals surface area contributed by atoms with Gasteiger partial charge >= 0.3 is 0 Å². The van der Waals surface area contributed by atoms with Crippen LogP contribution in [0.4, 0.5) is 5.69 Å². The van der Waals surface area contributed by atoms with E-state index in [1.165, 1.54) is 0 Å². The summed E-state index contributed by atoms with van der Waals surface area (Å²) in [4.78, 5) is 26.8. The molecule has 1 aliphatic rings. The predicted molar refractivity (Wildman–Crippen MR) is 104 cm³/mol. The molecule has 3 rings (SSSR count). The zero-order valence-corrected chi connectivity index (χ0v) is 15.5. The molecular formula is C19H19ClN2O2S. The standard InChI is InChI=1S/C19H19ClN2O2S/c1-13-12-15(19(24)22-8-10-25-11-9-22)4-7-17(13)21-18(23)14-2-5-16(20)6-3-14/h2-7,12H,8-11H2,1H3,(H,21,23). The average molecular weight is 375 g/mol. The Bertz CT molecular complexity index is 787. The van der Waals surface area contributed by atoms with Crippen LogP contribution in [0.3, 0.4) is 0 Å². The fourth-order valence-corrected chi connectivity index (χ4v) is 3.71. The number of benzene rings is 2. The van der Waals surface area contributed by atoms with Gasteiger partial charge in [0, 0.05) is 46.4 Å². The normalized spacial score (nSPS) is 14.2. The average Bonchev–Trinajstić information content (AvgIpc) is 2.64. The summed E-state index contributed by atoms with van der Waals surface area (Å²) >= 11 is 7.72. The summed E-state index contributed by atoms with van der Waals surface area (Å²) in [6.07, 6.45) is 0. The fraction of sp³-hybridized carbons (Fsp3) is 0.263. The van der Waals surface area contributed by atoms with E-state index in [9.17, 15) is 9.59 Å². The summed E-state index contributed by atoms with van der Waals surface area (Å²) in [6, 6.07) is 12.1. The van der Waals surface area contributed by atoms with E-state index in [2.05, 4.69) is 5.32 Å². The molecule has 2 amide bonds. The van der Waals surface area contributed by atoms with Crippen molar-refractivity contribution in [2.75, 3.05) is 29.9 Å². The Morgan fingerprint density at radius 3 is 2.32 bits per heavy atom. The Balaban J connectivity index is 1.72. The minimum Gasteiger partial charge on any atom is -0.337 e. The number of carbonyl (C=O) groups is 2. The Hall–Kier alpha value is -1.98. The van der Waals surface area contributed by atoms with E-state index in [1.807, 2.05) is 29.7 Å². The third kappa shape index (κ3) is 4.35. The molecule has 6 heteroatoms. The number of rotatable bonds is 3. The van der Waals surface area contributed by atoms with Gasteiger partial charge in [0.05, 0.1) is 0 Å². The minimum absolute atomic E-state index is 0.0546. The highest BCUT2D eigenvalue weighted by Gasteiger charge is 2.19. The van der Waals surface area contributed by atoms with Gasteiger partial charge in [-0.2, -0.15) is 11.8 Å². The van der Waals surface area contributed by atoms with Crippen LogP contribution < -0.4 is 5.32 Å². The first kappa shape index (κ1) is 17.8. The first-order chi connectivity index (χ1) is 12.0. The molecule has 0 aliphatic carbocycles. The van der Waals surface area contributed by atoms with Gasteiger partial charge in [0.2, 0.25) is 0 Å². The Morgan fingerprint density at radius 1 is 1.04 bits per heavy atom. The number of nitrogens with one attached hydrogen (secondary N) is 1. The van der Waals surface area contributed by atoms with E-state index < -0.39 is 0 Å². The fourth-order valence-electron chi connectivity index (χ4n) is 2.68. The molecule has 4 nitrogen and oxygen atoms in total. The van der Waals surface area contributed by atoms with E-state index in [-0.39, 0.29) is 11.8 Å². The molecule has 1 aliphatic heterocycles. The van der Waals surface area contributed by atoms with Gasteiger partial charge in [-0.15, -0.1) is 0 Å². The number of hydrogen-bond acceptors (Lipinski definition) is 3. The van der Waals surface area contributed by atoms with Crippen LogP contribution in [0.1, 0.15) is 26.3 Å². The van der Waals surface area contributed by atoms with E-state index in [4.69, 9.17) is 11.6 Å². The van der Waals surface area contributed by atoms with Gasteiger partial charge in [-0.1, -0.05) is 11.6 Å². The van der Waals surface area contributed by atoms with E-state index >= 15 is 0 Å². The number of amides is 2. The SMILES string of the molecule is Cc1cc(C(=O)N2CCSCC2)ccc1NC(=O)c1ccc(Cl)cc1. The number of nitrogens with zero attached hydrogens (tertiary/aromatic N) is 1. The monoisotopic (exact) mass is 374 g/mol. The molecule has 1 heterocycles. The summed E-state index contributed by atoms with van der Waals surface area (Å²) in [5, 5.41) is 3.47. The highest BCUT2D eigenvalue weighted by atomic mass is 35.5. The number of carbonyl (C=O) groups excluding carboxylic acids is 2. The van der Waals surface area contributed by atoms with Crippen molar-refractivity contribution >= 4 is 40.9 Å². The molecule has 0 spiro atoms. The first-order valence-electron chi connectivity index (χ1n) is 8.09. The molecular weight excluding hydrogens is 356 g/mol. The Morgan fingerprint density at radius 2 is 1.68 bits per heavy atom. The van der Waals surface area contributed by atoms with Crippen LogP contribution in [0.2, 0.25) is 5.02 Å². The number of halogens is 1. The second kappa shape index (κ2) is 7.93. The Labute approximate surface area is 156 Å². The highest BCUT2D eigenvalue weighted by Crippen LogP contribution is 2.20. The molecule has 1 saturated heterocycles. The lowest BCUT2D eigenvalue weighted by Gasteiger charge is -2.26. The van der Waals surface area contributed by atoms with Crippen LogP contribution in [0.25, 0.3) is 0 Å². The third-order valence-electron chi connectivity index (χ3n) is 4.13. The molecule has 0 bridgehead atoms. The molecule has 2 aromatic rings. The second-order valence-electron chi connectivity index (χ2n) is 5.90. The van der Waals surface area contributed by atoms with E-state index in [1.54, 1.807) is 36.4 Å². The van der Waals surface area contributed by atoms with Crippen molar-refractivity contribution in [2.45, 2.75) is 6.92 Å². The maximum Gasteiger partial charge on any atom is 0.255 e. The lowest BCUT2D eigenvalue weighted by Crippen LogP contribution is -2.37. The zero-order valence-electron chi connectivity index (χ0n) is 13.9. The van der Waals surface area contributed by atoms with Crippen molar-refractivity contribution in [3.8, 4) is 0 Å². The molecule has 0 radical (unpaired) electrons. The maximum absolute atomic E-state index is 12.6. The van der Waals surface area contributed by atoms with Crippen molar-refractivity contribution < 1.29 is 9.59 Å². The van der Waals surface area contributed by atoms with Gasteiger partial charge in [-0.3, -0.25) is 9.59 Å². The number of aryl methyl sites for hydroxylation is 1. The molecule has 2 aromatic carbocycles. The molecule has 0 saturated carbocycles. The van der Waals surface area contributed by atoms with Crippen LogP contribution in [0.5, 0.6) is 0 Å². The molecule has 1 fully saturated rings. The van der Waals surface area contributed by atoms with Crippen LogP contribution >= 0.6 is 23.4 Å². The largest absolute Gasteiger partial charge is 0.337 e. The van der Waals surface area contributed by atoms with E-state index in [0.717, 1.165) is 30.2 Å². The van der Waals surface area contributed by atoms with Gasteiger partial charge in [0.15, 0.2) is 0 Å². The van der Waals surface area contributed by atoms with Gasteiger partial charge in [-0.25, -0.2) is 0 Å². The van der Waals surface area contributed by atoms with Gasteiger partial charge in [-0.05, 0) is 55.0 Å². The predicted octanol–water partition coefficient (Wildman–Crippen LogP) is 4.09. The Kier molecular flexibility index (Phi) is 5.66. The van der Waals surface area contributed by atoms with Crippen LogP contribution in [-0.2, 0) is 0 Å². The summed E-state index contributed by atoms with van der Waals surface area (Å²) < 4.78 is 0. The summed E-state index contributed by atoms with van der Waals surface area (Å²) in [5.41, 5.74) is 2.76. The quantitative estimate of drug-likeness (QED) is 0.880. The topological polar surface area (TPSA) is 49.4 Å².